The zero-order valence-electron chi connectivity index (χ0n) is 3.83. The van der Waals surface area contributed by atoms with Crippen LogP contribution < -0.4 is 0 Å². The number of rotatable bonds is 0. The van der Waals surface area contributed by atoms with E-state index < -0.39 is 0 Å². The molecule has 1 rings (SSSR count). The lowest BCUT2D eigenvalue weighted by atomic mass is 10.0. The summed E-state index contributed by atoms with van der Waals surface area (Å²) in [5.41, 5.74) is 0. The molecule has 0 nitrogen and oxygen atoms in total. The van der Waals surface area contributed by atoms with E-state index in [-0.39, 0.29) is 9.90 Å². The van der Waals surface area contributed by atoms with Gasteiger partial charge in [0.15, 0.2) is 0 Å². The summed E-state index contributed by atoms with van der Waals surface area (Å²) in [4.78, 5) is 0. The van der Waals surface area contributed by atoms with Crippen LogP contribution in [0.15, 0.2) is 0 Å². The molecule has 1 heteroatoms. The lowest BCUT2D eigenvalue weighted by Gasteiger charge is -2.05. The molecule has 1 atom stereocenters. The Morgan fingerprint density at radius 2 is 0.800 bits per heavy atom. The topological polar surface area (TPSA) is 0 Å². The van der Waals surface area contributed by atoms with Gasteiger partial charge in [-0.05, 0) is 9.90 Å². The van der Waals surface area contributed by atoms with E-state index >= 15 is 0 Å². The van der Waals surface area contributed by atoms with Gasteiger partial charge in [0.1, 0.15) is 0 Å². The minimum Gasteiger partial charge on any atom is -0.0533 e. The summed E-state index contributed by atoms with van der Waals surface area (Å²) < 4.78 is 0. The minimum atomic E-state index is 0. The molecule has 1 aliphatic rings. The lowest BCUT2D eigenvalue weighted by molar-refractivity contribution is 0.504. The first-order valence-electron chi connectivity index (χ1n) is 2.00. The van der Waals surface area contributed by atoms with Crippen LogP contribution in [0.1, 0.15) is 25.7 Å². The predicted octanol–water partition coefficient (Wildman–Crippen LogP) is 1.35. The van der Waals surface area contributed by atoms with Crippen LogP contribution in [0.25, 0.3) is 0 Å². The van der Waals surface area contributed by atoms with Crippen molar-refractivity contribution in [2.24, 2.45) is 0 Å². The molecule has 1 saturated carbocycles. The van der Waals surface area contributed by atoms with E-state index in [0.717, 1.165) is 0 Å². The quantitative estimate of drug-likeness (QED) is 0.395. The first-order valence-corrected chi connectivity index (χ1v) is 2.00. The van der Waals surface area contributed by atoms with Crippen LogP contribution in [0.4, 0.5) is 0 Å². The van der Waals surface area contributed by atoms with Crippen LogP contribution in [0.3, 0.4) is 0 Å². The van der Waals surface area contributed by atoms with E-state index in [4.69, 9.17) is 0 Å². The van der Waals surface area contributed by atoms with Crippen LogP contribution in [0.5, 0.6) is 0 Å². The maximum Gasteiger partial charge on any atom is -0.0395 e. The van der Waals surface area contributed by atoms with Crippen molar-refractivity contribution < 1.29 is 0 Å². The van der Waals surface area contributed by atoms with Crippen molar-refractivity contribution in [3.63, 3.8) is 0 Å². The third kappa shape index (κ3) is 1.33. The first-order chi connectivity index (χ1) is 2.00. The summed E-state index contributed by atoms with van der Waals surface area (Å²) in [6.07, 6.45) is 6.00. The molecule has 32 valence electrons. The standard InChI is InChI=1S/C4H8.H3P/c1-2-4-3-1;/h1-4H2;1H3/p+1. The largest absolute Gasteiger partial charge is 0.0533 e. The summed E-state index contributed by atoms with van der Waals surface area (Å²) in [5.74, 6) is 0. The Bertz CT molecular complexity index is 11.6. The Morgan fingerprint density at radius 1 is 0.600 bits per heavy atom. The zero-order valence-corrected chi connectivity index (χ0v) is 5.83. The summed E-state index contributed by atoms with van der Waals surface area (Å²) >= 11 is 0. The van der Waals surface area contributed by atoms with Crippen LogP contribution in [-0.2, 0) is 0 Å². The van der Waals surface area contributed by atoms with Gasteiger partial charge in [0, 0.05) is 0 Å². The molecule has 0 aromatic heterocycles. The van der Waals surface area contributed by atoms with Crippen molar-refractivity contribution in [3.8, 4) is 0 Å². The van der Waals surface area contributed by atoms with Crippen LogP contribution in [-0.4, -0.2) is 0 Å². The van der Waals surface area contributed by atoms with Gasteiger partial charge in [0.25, 0.3) is 0 Å². The molecule has 0 amide bonds. The monoisotopic (exact) mass is 91.1 g/mol. The molecule has 0 aromatic rings. The molecule has 0 radical (unpaired) electrons. The van der Waals surface area contributed by atoms with Crippen molar-refractivity contribution in [1.29, 1.82) is 0 Å². The molecule has 1 aliphatic carbocycles. The van der Waals surface area contributed by atoms with Crippen molar-refractivity contribution >= 4 is 9.90 Å². The molecular weight excluding hydrogens is 79.0 g/mol. The molecule has 0 N–H and O–H groups in total. The number of hydrogen-bond acceptors (Lipinski definition) is 0. The van der Waals surface area contributed by atoms with Crippen molar-refractivity contribution in [2.75, 3.05) is 0 Å². The minimum absolute atomic E-state index is 0. The number of hydrogen-bond donors (Lipinski definition) is 0. The predicted molar refractivity (Wildman–Crippen MR) is 31.0 cm³/mol. The van der Waals surface area contributed by atoms with Gasteiger partial charge >= 0.3 is 0 Å². The van der Waals surface area contributed by atoms with Crippen LogP contribution >= 0.6 is 9.90 Å². The highest BCUT2D eigenvalue weighted by molar-refractivity contribution is 6.92. The van der Waals surface area contributed by atoms with Crippen LogP contribution in [0.2, 0.25) is 0 Å². The second kappa shape index (κ2) is 2.66. The second-order valence-corrected chi connectivity index (χ2v) is 1.41. The maximum atomic E-state index is 1.50. The van der Waals surface area contributed by atoms with Gasteiger partial charge in [0.2, 0.25) is 0 Å². The van der Waals surface area contributed by atoms with Crippen molar-refractivity contribution in [2.45, 2.75) is 25.7 Å². The van der Waals surface area contributed by atoms with Gasteiger partial charge < -0.3 is 0 Å². The highest BCUT2D eigenvalue weighted by Crippen LogP contribution is 2.15. The molecule has 0 heterocycles. The van der Waals surface area contributed by atoms with E-state index in [1.807, 2.05) is 0 Å². The van der Waals surface area contributed by atoms with Gasteiger partial charge in [-0.2, -0.15) is 0 Å². The summed E-state index contributed by atoms with van der Waals surface area (Å²) in [6, 6.07) is 0. The Hall–Kier alpha value is 0.430. The van der Waals surface area contributed by atoms with E-state index in [9.17, 15) is 0 Å². The molecule has 0 aliphatic heterocycles. The average molecular weight is 91.1 g/mol. The molecule has 0 aromatic carbocycles. The Balaban J connectivity index is 0.000000160. The SMILES string of the molecule is C1CCC1.[PH4+]. The fraction of sp³-hybridized carbons (Fsp3) is 1.00. The summed E-state index contributed by atoms with van der Waals surface area (Å²) in [5, 5.41) is 0. The zero-order chi connectivity index (χ0) is 2.83. The average Bonchev–Trinajstić information content (AvgIpc) is 0.722. The molecule has 0 saturated heterocycles. The Kier molecular flexibility index (Phi) is 2.88. The fourth-order valence-corrected chi connectivity index (χ4v) is 0.250. The Morgan fingerprint density at radius 3 is 0.800 bits per heavy atom. The van der Waals surface area contributed by atoms with Gasteiger partial charge in [-0.15, -0.1) is 0 Å². The summed E-state index contributed by atoms with van der Waals surface area (Å²) in [6.45, 7) is 0. The maximum absolute atomic E-state index is 1.50. The molecule has 0 bridgehead atoms. The van der Waals surface area contributed by atoms with Crippen molar-refractivity contribution in [1.82, 2.24) is 0 Å². The molecule has 1 unspecified atom stereocenters. The smallest absolute Gasteiger partial charge is 0.0395 e. The fourth-order valence-electron chi connectivity index (χ4n) is 0.250. The molecule has 0 spiro atoms. The normalized spacial score (nSPS) is 19.2. The lowest BCUT2D eigenvalue weighted by Crippen LogP contribution is -1.85. The highest BCUT2D eigenvalue weighted by atomic mass is 31.0. The highest BCUT2D eigenvalue weighted by Gasteiger charge is 1.95. The molecular formula is C4H12P+. The third-order valence-electron chi connectivity index (χ3n) is 1.000. The van der Waals surface area contributed by atoms with E-state index in [2.05, 4.69) is 0 Å². The van der Waals surface area contributed by atoms with Gasteiger partial charge in [0.05, 0.1) is 0 Å². The third-order valence-corrected chi connectivity index (χ3v) is 1.000. The van der Waals surface area contributed by atoms with E-state index in [1.54, 1.807) is 0 Å². The summed E-state index contributed by atoms with van der Waals surface area (Å²) in [7, 11) is 0. The van der Waals surface area contributed by atoms with E-state index in [1.165, 1.54) is 25.7 Å². The van der Waals surface area contributed by atoms with Gasteiger partial charge in [-0.1, -0.05) is 25.7 Å². The van der Waals surface area contributed by atoms with E-state index in [0.29, 0.717) is 0 Å². The molecule has 1 fully saturated rings. The van der Waals surface area contributed by atoms with Gasteiger partial charge in [-0.3, -0.25) is 0 Å². The Labute approximate surface area is 36.6 Å². The second-order valence-electron chi connectivity index (χ2n) is 1.41. The van der Waals surface area contributed by atoms with Crippen molar-refractivity contribution in [3.05, 3.63) is 0 Å². The first kappa shape index (κ1) is 5.43. The molecule has 5 heavy (non-hydrogen) atoms. The van der Waals surface area contributed by atoms with Crippen LogP contribution in [0, 0.1) is 0 Å². The van der Waals surface area contributed by atoms with Gasteiger partial charge in [-0.25, -0.2) is 0 Å².